The van der Waals surface area contributed by atoms with E-state index in [0.29, 0.717) is 6.54 Å². The Morgan fingerprint density at radius 1 is 0.857 bits per heavy atom. The molecule has 0 atom stereocenters. The molecule has 0 amide bonds. The van der Waals surface area contributed by atoms with Crippen LogP contribution in [0.4, 0.5) is 0 Å². The standard InChI is InChI=1S/C23H18N4O/c1-28-18-13-11-17(12-14-18)21-22-23(19-9-5-6-10-20(19)24-21)27(26-25-22)15-16-7-3-2-4-8-16/h2-14H,15H2,1H3. The number of nitrogens with zero attached hydrogens (tertiary/aromatic N) is 4. The highest BCUT2D eigenvalue weighted by Crippen LogP contribution is 2.32. The van der Waals surface area contributed by atoms with Gasteiger partial charge in [0.1, 0.15) is 22.5 Å². The van der Waals surface area contributed by atoms with E-state index in [0.717, 1.165) is 38.9 Å². The molecule has 0 spiro atoms. The summed E-state index contributed by atoms with van der Waals surface area (Å²) in [4.78, 5) is 4.89. The zero-order valence-corrected chi connectivity index (χ0v) is 15.4. The third kappa shape index (κ3) is 2.77. The van der Waals surface area contributed by atoms with Crippen LogP contribution in [-0.4, -0.2) is 27.1 Å². The normalized spacial score (nSPS) is 11.2. The first-order chi connectivity index (χ1) is 13.8. The zero-order valence-electron chi connectivity index (χ0n) is 15.4. The number of para-hydroxylation sites is 1. The Kier molecular flexibility index (Phi) is 3.98. The lowest BCUT2D eigenvalue weighted by molar-refractivity contribution is 0.415. The van der Waals surface area contributed by atoms with E-state index in [1.807, 2.05) is 65.3 Å². The first-order valence-electron chi connectivity index (χ1n) is 9.14. The summed E-state index contributed by atoms with van der Waals surface area (Å²) in [6.07, 6.45) is 0. The van der Waals surface area contributed by atoms with E-state index in [-0.39, 0.29) is 0 Å². The summed E-state index contributed by atoms with van der Waals surface area (Å²) in [5.74, 6) is 0.813. The molecule has 0 unspecified atom stereocenters. The van der Waals surface area contributed by atoms with Gasteiger partial charge >= 0.3 is 0 Å². The second-order valence-corrected chi connectivity index (χ2v) is 6.64. The van der Waals surface area contributed by atoms with Crippen molar-refractivity contribution in [3.63, 3.8) is 0 Å². The molecule has 5 rings (SSSR count). The SMILES string of the molecule is COc1ccc(-c2nc3ccccc3c3c2nnn3Cc2ccccc2)cc1. The molecule has 0 N–H and O–H groups in total. The number of pyridine rings is 1. The Bertz CT molecular complexity index is 1260. The van der Waals surface area contributed by atoms with Crippen LogP contribution in [0, 0.1) is 0 Å². The van der Waals surface area contributed by atoms with Gasteiger partial charge in [0, 0.05) is 10.9 Å². The van der Waals surface area contributed by atoms with E-state index in [1.165, 1.54) is 5.56 Å². The summed E-state index contributed by atoms with van der Waals surface area (Å²) in [5.41, 5.74) is 5.73. The van der Waals surface area contributed by atoms with Gasteiger partial charge in [-0.05, 0) is 35.9 Å². The highest BCUT2D eigenvalue weighted by atomic mass is 16.5. The Balaban J connectivity index is 1.74. The van der Waals surface area contributed by atoms with Gasteiger partial charge in [0.05, 0.1) is 19.2 Å². The lowest BCUT2D eigenvalue weighted by atomic mass is 10.1. The van der Waals surface area contributed by atoms with Crippen molar-refractivity contribution >= 4 is 21.9 Å². The lowest BCUT2D eigenvalue weighted by Gasteiger charge is -2.09. The van der Waals surface area contributed by atoms with Crippen molar-refractivity contribution in [3.05, 3.63) is 84.4 Å². The number of hydrogen-bond donors (Lipinski definition) is 0. The van der Waals surface area contributed by atoms with E-state index in [4.69, 9.17) is 9.72 Å². The molecule has 2 aromatic heterocycles. The van der Waals surface area contributed by atoms with Crippen molar-refractivity contribution in [3.8, 4) is 17.0 Å². The van der Waals surface area contributed by atoms with E-state index < -0.39 is 0 Å². The van der Waals surface area contributed by atoms with E-state index >= 15 is 0 Å². The average molecular weight is 366 g/mol. The Labute approximate surface area is 162 Å². The van der Waals surface area contributed by atoms with Crippen LogP contribution in [0.5, 0.6) is 5.75 Å². The van der Waals surface area contributed by atoms with Gasteiger partial charge in [0.15, 0.2) is 0 Å². The predicted molar refractivity (Wildman–Crippen MR) is 110 cm³/mol. The first kappa shape index (κ1) is 16.4. The van der Waals surface area contributed by atoms with E-state index in [2.05, 4.69) is 28.5 Å². The molecule has 5 aromatic rings. The fraction of sp³-hybridized carbons (Fsp3) is 0.0870. The highest BCUT2D eigenvalue weighted by molar-refractivity contribution is 6.07. The van der Waals surface area contributed by atoms with Crippen LogP contribution in [0.2, 0.25) is 0 Å². The van der Waals surface area contributed by atoms with Crippen molar-refractivity contribution in [1.29, 1.82) is 0 Å². The maximum atomic E-state index is 5.28. The van der Waals surface area contributed by atoms with Crippen LogP contribution in [0.1, 0.15) is 5.56 Å². The van der Waals surface area contributed by atoms with Crippen LogP contribution >= 0.6 is 0 Å². The monoisotopic (exact) mass is 366 g/mol. The maximum Gasteiger partial charge on any atom is 0.140 e. The molecule has 3 aromatic carbocycles. The number of aromatic nitrogens is 4. The smallest absolute Gasteiger partial charge is 0.140 e. The van der Waals surface area contributed by atoms with Crippen LogP contribution in [0.25, 0.3) is 33.2 Å². The molecule has 5 heteroatoms. The fourth-order valence-electron chi connectivity index (χ4n) is 3.50. The van der Waals surface area contributed by atoms with Crippen LogP contribution in [-0.2, 0) is 6.54 Å². The number of methoxy groups -OCH3 is 1. The van der Waals surface area contributed by atoms with Crippen molar-refractivity contribution in [2.45, 2.75) is 6.54 Å². The Morgan fingerprint density at radius 3 is 2.39 bits per heavy atom. The summed E-state index contributed by atoms with van der Waals surface area (Å²) >= 11 is 0. The lowest BCUT2D eigenvalue weighted by Crippen LogP contribution is -2.02. The van der Waals surface area contributed by atoms with Crippen molar-refractivity contribution in [1.82, 2.24) is 20.0 Å². The molecule has 0 saturated carbocycles. The summed E-state index contributed by atoms with van der Waals surface area (Å²) in [6.45, 7) is 0.660. The zero-order chi connectivity index (χ0) is 18.9. The van der Waals surface area contributed by atoms with Crippen LogP contribution in [0.15, 0.2) is 78.9 Å². The fourth-order valence-corrected chi connectivity index (χ4v) is 3.50. The summed E-state index contributed by atoms with van der Waals surface area (Å²) in [6, 6.07) is 26.3. The molecule has 0 aliphatic rings. The Morgan fingerprint density at radius 2 is 1.61 bits per heavy atom. The quantitative estimate of drug-likeness (QED) is 0.462. The number of rotatable bonds is 4. The van der Waals surface area contributed by atoms with Crippen molar-refractivity contribution < 1.29 is 4.74 Å². The van der Waals surface area contributed by atoms with Gasteiger partial charge < -0.3 is 4.74 Å². The molecule has 0 saturated heterocycles. The number of fused-ring (bicyclic) bond motifs is 3. The third-order valence-corrected chi connectivity index (χ3v) is 4.89. The molecule has 0 fully saturated rings. The summed E-state index contributed by atoms with van der Waals surface area (Å²) in [5, 5.41) is 10.0. The van der Waals surface area contributed by atoms with Gasteiger partial charge in [0.2, 0.25) is 0 Å². The second kappa shape index (κ2) is 6.78. The molecule has 136 valence electrons. The molecule has 0 bridgehead atoms. The minimum atomic E-state index is 0.660. The molecular weight excluding hydrogens is 348 g/mol. The largest absolute Gasteiger partial charge is 0.497 e. The van der Waals surface area contributed by atoms with E-state index in [1.54, 1.807) is 7.11 Å². The maximum absolute atomic E-state index is 5.28. The van der Waals surface area contributed by atoms with Gasteiger partial charge in [-0.25, -0.2) is 9.67 Å². The summed E-state index contributed by atoms with van der Waals surface area (Å²) < 4.78 is 7.24. The van der Waals surface area contributed by atoms with E-state index in [9.17, 15) is 0 Å². The van der Waals surface area contributed by atoms with Crippen molar-refractivity contribution in [2.75, 3.05) is 7.11 Å². The number of hydrogen-bond acceptors (Lipinski definition) is 4. The van der Waals surface area contributed by atoms with Gasteiger partial charge in [-0.3, -0.25) is 0 Å². The number of benzene rings is 3. The molecule has 5 nitrogen and oxygen atoms in total. The van der Waals surface area contributed by atoms with Gasteiger partial charge in [0.25, 0.3) is 0 Å². The molecule has 0 aliphatic carbocycles. The third-order valence-electron chi connectivity index (χ3n) is 4.89. The molecular formula is C23H18N4O. The Hall–Kier alpha value is -3.73. The van der Waals surface area contributed by atoms with Crippen LogP contribution in [0.3, 0.4) is 0 Å². The highest BCUT2D eigenvalue weighted by Gasteiger charge is 2.16. The minimum Gasteiger partial charge on any atom is -0.497 e. The minimum absolute atomic E-state index is 0.660. The molecule has 0 aliphatic heterocycles. The molecule has 0 radical (unpaired) electrons. The first-order valence-corrected chi connectivity index (χ1v) is 9.14. The summed E-state index contributed by atoms with van der Waals surface area (Å²) in [7, 11) is 1.66. The molecule has 28 heavy (non-hydrogen) atoms. The van der Waals surface area contributed by atoms with Gasteiger partial charge in [-0.1, -0.05) is 53.7 Å². The number of ether oxygens (including phenoxy) is 1. The van der Waals surface area contributed by atoms with Gasteiger partial charge in [-0.15, -0.1) is 5.10 Å². The topological polar surface area (TPSA) is 52.8 Å². The average Bonchev–Trinajstić information content (AvgIpc) is 3.18. The predicted octanol–water partition coefficient (Wildman–Crippen LogP) is 4.70. The van der Waals surface area contributed by atoms with Crippen LogP contribution < -0.4 is 4.74 Å². The van der Waals surface area contributed by atoms with Gasteiger partial charge in [-0.2, -0.15) is 0 Å². The second-order valence-electron chi connectivity index (χ2n) is 6.64. The molecule has 2 heterocycles. The van der Waals surface area contributed by atoms with Crippen molar-refractivity contribution in [2.24, 2.45) is 0 Å².